The van der Waals surface area contributed by atoms with Crippen LogP contribution in [0.4, 0.5) is 10.5 Å². The summed E-state index contributed by atoms with van der Waals surface area (Å²) < 4.78 is 5.60. The van der Waals surface area contributed by atoms with Crippen molar-refractivity contribution in [1.82, 2.24) is 5.32 Å². The number of carboxylic acid groups (broad SMARTS) is 1. The maximum Gasteiger partial charge on any atom is 0.335 e. The van der Waals surface area contributed by atoms with E-state index in [0.29, 0.717) is 16.8 Å². The monoisotopic (exact) mass is 344 g/mol. The van der Waals surface area contributed by atoms with E-state index in [1.807, 2.05) is 13.8 Å². The van der Waals surface area contributed by atoms with Gasteiger partial charge in [0.25, 0.3) is 0 Å². The van der Waals surface area contributed by atoms with Gasteiger partial charge < -0.3 is 20.5 Å². The molecule has 6 nitrogen and oxygen atoms in total. The SMILES string of the molecule is COCC(C)(C)NC(=O)Nc1cc(C(=O)O)ccc1Br. The van der Waals surface area contributed by atoms with E-state index in [-0.39, 0.29) is 5.56 Å². The van der Waals surface area contributed by atoms with Gasteiger partial charge in [-0.3, -0.25) is 0 Å². The van der Waals surface area contributed by atoms with Crippen LogP contribution in [0.15, 0.2) is 22.7 Å². The quantitative estimate of drug-likeness (QED) is 0.766. The first-order valence-electron chi connectivity index (χ1n) is 5.86. The highest BCUT2D eigenvalue weighted by Gasteiger charge is 2.20. The first-order valence-corrected chi connectivity index (χ1v) is 6.65. The molecule has 0 aromatic heterocycles. The highest BCUT2D eigenvalue weighted by atomic mass is 79.9. The number of carbonyl (C=O) groups excluding carboxylic acids is 1. The van der Waals surface area contributed by atoms with Crippen molar-refractivity contribution in [2.45, 2.75) is 19.4 Å². The van der Waals surface area contributed by atoms with Crippen LogP contribution < -0.4 is 10.6 Å². The Labute approximate surface area is 125 Å². The predicted molar refractivity (Wildman–Crippen MR) is 79.2 cm³/mol. The molecule has 0 radical (unpaired) electrons. The summed E-state index contributed by atoms with van der Waals surface area (Å²) in [7, 11) is 1.55. The molecule has 0 aliphatic carbocycles. The lowest BCUT2D eigenvalue weighted by molar-refractivity contribution is 0.0697. The lowest BCUT2D eigenvalue weighted by Gasteiger charge is -2.25. The van der Waals surface area contributed by atoms with Crippen LogP contribution >= 0.6 is 15.9 Å². The topological polar surface area (TPSA) is 87.7 Å². The minimum absolute atomic E-state index is 0.0969. The molecule has 3 N–H and O–H groups in total. The third-order valence-corrected chi connectivity index (χ3v) is 3.11. The zero-order valence-corrected chi connectivity index (χ0v) is 13.1. The van der Waals surface area contributed by atoms with Crippen LogP contribution in [0.2, 0.25) is 0 Å². The van der Waals surface area contributed by atoms with Crippen molar-refractivity contribution in [1.29, 1.82) is 0 Å². The lowest BCUT2D eigenvalue weighted by atomic mass is 10.1. The molecule has 1 aromatic rings. The second-order valence-electron chi connectivity index (χ2n) is 4.90. The van der Waals surface area contributed by atoms with Gasteiger partial charge in [-0.05, 0) is 48.0 Å². The molecule has 0 atom stereocenters. The van der Waals surface area contributed by atoms with Crippen molar-refractivity contribution in [3.05, 3.63) is 28.2 Å². The van der Waals surface area contributed by atoms with Gasteiger partial charge in [-0.15, -0.1) is 0 Å². The Morgan fingerprint density at radius 1 is 1.40 bits per heavy atom. The molecule has 1 rings (SSSR count). The number of rotatable bonds is 5. The van der Waals surface area contributed by atoms with Gasteiger partial charge in [0, 0.05) is 11.6 Å². The molecule has 0 fully saturated rings. The summed E-state index contributed by atoms with van der Waals surface area (Å²) in [6, 6.07) is 3.97. The number of methoxy groups -OCH3 is 1. The molecular weight excluding hydrogens is 328 g/mol. The van der Waals surface area contributed by atoms with Gasteiger partial charge in [0.2, 0.25) is 0 Å². The maximum atomic E-state index is 11.9. The number of halogens is 1. The van der Waals surface area contributed by atoms with Crippen molar-refractivity contribution in [2.24, 2.45) is 0 Å². The average Bonchev–Trinajstić information content (AvgIpc) is 2.30. The van der Waals surface area contributed by atoms with Crippen LogP contribution in [0.1, 0.15) is 24.2 Å². The van der Waals surface area contributed by atoms with Gasteiger partial charge in [-0.1, -0.05) is 0 Å². The van der Waals surface area contributed by atoms with Crippen LogP contribution in [0, 0.1) is 0 Å². The van der Waals surface area contributed by atoms with E-state index in [1.165, 1.54) is 12.1 Å². The van der Waals surface area contributed by atoms with E-state index in [4.69, 9.17) is 9.84 Å². The second-order valence-corrected chi connectivity index (χ2v) is 5.75. The number of urea groups is 1. The fraction of sp³-hybridized carbons (Fsp3) is 0.385. The molecule has 0 saturated heterocycles. The highest BCUT2D eigenvalue weighted by molar-refractivity contribution is 9.10. The number of benzene rings is 1. The van der Waals surface area contributed by atoms with E-state index in [1.54, 1.807) is 13.2 Å². The number of hydrogen-bond donors (Lipinski definition) is 3. The molecule has 110 valence electrons. The molecule has 0 saturated carbocycles. The summed E-state index contributed by atoms with van der Waals surface area (Å²) in [5.41, 5.74) is -0.0503. The van der Waals surface area contributed by atoms with Crippen molar-refractivity contribution in [2.75, 3.05) is 19.0 Å². The summed E-state index contributed by atoms with van der Waals surface area (Å²) in [6.07, 6.45) is 0. The fourth-order valence-corrected chi connectivity index (χ4v) is 1.96. The lowest BCUT2D eigenvalue weighted by Crippen LogP contribution is -2.48. The minimum atomic E-state index is -1.05. The van der Waals surface area contributed by atoms with E-state index >= 15 is 0 Å². The number of amides is 2. The Kier molecular flexibility index (Phi) is 5.52. The summed E-state index contributed by atoms with van der Waals surface area (Å²) in [6.45, 7) is 3.99. The molecule has 2 amide bonds. The molecule has 0 spiro atoms. The number of carboxylic acids is 1. The van der Waals surface area contributed by atoms with E-state index in [2.05, 4.69) is 26.6 Å². The van der Waals surface area contributed by atoms with Crippen molar-refractivity contribution >= 4 is 33.6 Å². The summed E-state index contributed by atoms with van der Waals surface area (Å²) in [4.78, 5) is 22.8. The fourth-order valence-electron chi connectivity index (χ4n) is 1.61. The van der Waals surface area contributed by atoms with Gasteiger partial charge in [0.15, 0.2) is 0 Å². The molecule has 0 unspecified atom stereocenters. The molecule has 1 aromatic carbocycles. The molecule has 0 aliphatic rings. The first kappa shape index (κ1) is 16.5. The number of carbonyl (C=O) groups is 2. The number of anilines is 1. The van der Waals surface area contributed by atoms with Crippen LogP contribution in [-0.2, 0) is 4.74 Å². The molecule has 7 heteroatoms. The summed E-state index contributed by atoms with van der Waals surface area (Å²) in [5, 5.41) is 14.3. The van der Waals surface area contributed by atoms with Crippen LogP contribution in [0.5, 0.6) is 0 Å². The van der Waals surface area contributed by atoms with Crippen LogP contribution in [-0.4, -0.2) is 36.4 Å². The number of hydrogen-bond acceptors (Lipinski definition) is 3. The molecule has 0 bridgehead atoms. The van der Waals surface area contributed by atoms with Gasteiger partial charge in [0.05, 0.1) is 23.4 Å². The highest BCUT2D eigenvalue weighted by Crippen LogP contribution is 2.23. The Balaban J connectivity index is 2.80. The summed E-state index contributed by atoms with van der Waals surface area (Å²) >= 11 is 3.26. The van der Waals surface area contributed by atoms with Crippen molar-refractivity contribution in [3.63, 3.8) is 0 Å². The van der Waals surface area contributed by atoms with Crippen molar-refractivity contribution < 1.29 is 19.4 Å². The Morgan fingerprint density at radius 2 is 2.05 bits per heavy atom. The number of aromatic carboxylic acids is 1. The smallest absolute Gasteiger partial charge is 0.335 e. The molecular formula is C13H17BrN2O4. The Bertz CT molecular complexity index is 517. The van der Waals surface area contributed by atoms with Gasteiger partial charge in [0.1, 0.15) is 0 Å². The maximum absolute atomic E-state index is 11.9. The van der Waals surface area contributed by atoms with Gasteiger partial charge >= 0.3 is 12.0 Å². The Hall–Kier alpha value is -1.60. The molecule has 20 heavy (non-hydrogen) atoms. The predicted octanol–water partition coefficient (Wildman–Crippen LogP) is 2.69. The molecule has 0 aliphatic heterocycles. The third kappa shape index (κ3) is 4.82. The number of nitrogens with one attached hydrogen (secondary N) is 2. The average molecular weight is 345 g/mol. The standard InChI is InChI=1S/C13H17BrN2O4/c1-13(2,7-20-3)16-12(19)15-10-6-8(11(17)18)4-5-9(10)14/h4-6H,7H2,1-3H3,(H,17,18)(H2,15,16,19). The zero-order valence-electron chi connectivity index (χ0n) is 11.5. The minimum Gasteiger partial charge on any atom is -0.478 e. The summed E-state index contributed by atoms with van der Waals surface area (Å²) in [5.74, 6) is -1.05. The molecule has 0 heterocycles. The van der Waals surface area contributed by atoms with E-state index < -0.39 is 17.5 Å². The second kappa shape index (κ2) is 6.71. The van der Waals surface area contributed by atoms with E-state index in [9.17, 15) is 9.59 Å². The van der Waals surface area contributed by atoms with Crippen LogP contribution in [0.25, 0.3) is 0 Å². The van der Waals surface area contributed by atoms with E-state index in [0.717, 1.165) is 0 Å². The number of ether oxygens (including phenoxy) is 1. The first-order chi connectivity index (χ1) is 9.25. The zero-order chi connectivity index (χ0) is 15.3. The van der Waals surface area contributed by atoms with Crippen LogP contribution in [0.3, 0.4) is 0 Å². The van der Waals surface area contributed by atoms with Gasteiger partial charge in [-0.25, -0.2) is 9.59 Å². The Morgan fingerprint density at radius 3 is 2.60 bits per heavy atom. The van der Waals surface area contributed by atoms with Gasteiger partial charge in [-0.2, -0.15) is 0 Å². The third-order valence-electron chi connectivity index (χ3n) is 2.42. The normalized spacial score (nSPS) is 11.0. The van der Waals surface area contributed by atoms with Crippen molar-refractivity contribution in [3.8, 4) is 0 Å². The largest absolute Gasteiger partial charge is 0.478 e.